The summed E-state index contributed by atoms with van der Waals surface area (Å²) < 4.78 is 0. The number of hydrogen-bond acceptors (Lipinski definition) is 22. The quantitative estimate of drug-likeness (QED) is 0.0502. The fraction of sp³-hybridized carbons (Fsp3) is 0. The van der Waals surface area contributed by atoms with E-state index in [4.69, 9.17) is 0 Å². The minimum absolute atomic E-state index is 0.0547. The Labute approximate surface area is 353 Å². The number of benzene rings is 8. The molecule has 0 amide bonds. The van der Waals surface area contributed by atoms with Crippen molar-refractivity contribution in [1.82, 2.24) is 0 Å². The molecule has 0 aliphatic heterocycles. The minimum atomic E-state index is -1.46. The molecule has 0 radical (unpaired) electrons. The molecule has 0 heterocycles. The van der Waals surface area contributed by atoms with Crippen LogP contribution in [0.4, 0.5) is 34.1 Å². The fourth-order valence-electron chi connectivity index (χ4n) is 7.53. The van der Waals surface area contributed by atoms with Crippen molar-refractivity contribution >= 4 is 66.4 Å². The smallest absolute Gasteiger partial charge is 0.208 e. The highest BCUT2D eigenvalue weighted by Crippen LogP contribution is 2.67. The molecule has 0 atom stereocenters. The molecule has 0 spiro atoms. The molecule has 0 fully saturated rings. The average molecular weight is 883 g/mol. The van der Waals surface area contributed by atoms with Crippen molar-refractivity contribution in [2.45, 2.75) is 0 Å². The van der Waals surface area contributed by atoms with Gasteiger partial charge in [0.15, 0.2) is 46.0 Å². The van der Waals surface area contributed by atoms with Crippen molar-refractivity contribution in [3.8, 4) is 115 Å². The zero-order valence-corrected chi connectivity index (χ0v) is 31.6. The Morgan fingerprint density at radius 1 is 0.203 bits per heavy atom. The van der Waals surface area contributed by atoms with Gasteiger partial charge >= 0.3 is 0 Å². The van der Waals surface area contributed by atoms with Crippen LogP contribution in [0.15, 0.2) is 60.7 Å². The maximum Gasteiger partial charge on any atom is 0.208 e. The number of phenols is 20. The summed E-state index contributed by atoms with van der Waals surface area (Å²) in [4.78, 5) is 1.03. The van der Waals surface area contributed by atoms with E-state index in [2.05, 4.69) is 0 Å². The predicted octanol–water partition coefficient (Wildman–Crippen LogP) is 6.20. The first-order chi connectivity index (χ1) is 30.1. The molecule has 64 heavy (non-hydrogen) atoms. The topological polar surface area (TPSA) is 411 Å². The first kappa shape index (κ1) is 40.9. The summed E-state index contributed by atoms with van der Waals surface area (Å²) >= 11 is 0. The van der Waals surface area contributed by atoms with Gasteiger partial charge < -0.3 is 102 Å². The van der Waals surface area contributed by atoms with Gasteiger partial charge in [0.2, 0.25) is 69.0 Å². The summed E-state index contributed by atoms with van der Waals surface area (Å²) in [5.74, 6) is -28.9. The third kappa shape index (κ3) is 5.32. The summed E-state index contributed by atoms with van der Waals surface area (Å²) in [5.41, 5.74) is -5.28. The molecule has 0 saturated carbocycles. The van der Waals surface area contributed by atoms with Gasteiger partial charge in [0, 0.05) is 10.8 Å². The lowest BCUT2D eigenvalue weighted by Crippen LogP contribution is -2.13. The van der Waals surface area contributed by atoms with Crippen LogP contribution in [0.1, 0.15) is 0 Å². The van der Waals surface area contributed by atoms with Gasteiger partial charge in [0.25, 0.3) is 0 Å². The molecule has 8 aromatic carbocycles. The van der Waals surface area contributed by atoms with Crippen molar-refractivity contribution in [3.05, 3.63) is 60.7 Å². The lowest BCUT2D eigenvalue weighted by atomic mass is 9.93. The largest absolute Gasteiger partial charge is 0.503 e. The molecule has 8 aromatic rings. The van der Waals surface area contributed by atoms with E-state index in [0.29, 0.717) is 9.80 Å². The van der Waals surface area contributed by atoms with E-state index in [-0.39, 0.29) is 43.7 Å². The monoisotopic (exact) mass is 882 g/mol. The molecular weight excluding hydrogens is 852 g/mol. The molecule has 20 N–H and O–H groups in total. The number of rotatable bonds is 6. The van der Waals surface area contributed by atoms with Crippen molar-refractivity contribution in [2.24, 2.45) is 0 Å². The molecule has 0 saturated heterocycles. The van der Waals surface area contributed by atoms with Crippen molar-refractivity contribution in [2.75, 3.05) is 9.80 Å². The van der Waals surface area contributed by atoms with E-state index in [1.54, 1.807) is 0 Å². The van der Waals surface area contributed by atoms with Crippen LogP contribution in [-0.2, 0) is 0 Å². The van der Waals surface area contributed by atoms with Crippen LogP contribution < -0.4 is 9.80 Å². The van der Waals surface area contributed by atoms with Gasteiger partial charge in [0.05, 0.1) is 11.4 Å². The van der Waals surface area contributed by atoms with Crippen LogP contribution in [0.25, 0.3) is 32.3 Å². The fourth-order valence-corrected chi connectivity index (χ4v) is 7.53. The first-order valence-corrected chi connectivity index (χ1v) is 17.9. The van der Waals surface area contributed by atoms with Gasteiger partial charge in [-0.05, 0) is 33.7 Å². The van der Waals surface area contributed by atoms with Crippen LogP contribution in [-0.4, -0.2) is 102 Å². The van der Waals surface area contributed by atoms with E-state index >= 15 is 0 Å². The van der Waals surface area contributed by atoms with Crippen molar-refractivity contribution < 1.29 is 102 Å². The maximum absolute atomic E-state index is 11.3. The Morgan fingerprint density at radius 3 is 0.578 bits per heavy atom. The second-order valence-electron chi connectivity index (χ2n) is 14.0. The predicted molar refractivity (Wildman–Crippen MR) is 222 cm³/mol. The van der Waals surface area contributed by atoms with E-state index in [0.717, 1.165) is 0 Å². The second-order valence-corrected chi connectivity index (χ2v) is 14.0. The Balaban J connectivity index is 1.60. The van der Waals surface area contributed by atoms with Crippen LogP contribution in [0, 0.1) is 0 Å². The molecule has 8 rings (SSSR count). The lowest BCUT2D eigenvalue weighted by Gasteiger charge is -2.32. The van der Waals surface area contributed by atoms with Gasteiger partial charge in [0.1, 0.15) is 22.7 Å². The molecule has 0 unspecified atom stereocenters. The summed E-state index contributed by atoms with van der Waals surface area (Å²) in [7, 11) is 0. The highest BCUT2D eigenvalue weighted by Gasteiger charge is 2.38. The van der Waals surface area contributed by atoms with Gasteiger partial charge in [-0.3, -0.25) is 9.80 Å². The highest BCUT2D eigenvalue weighted by atomic mass is 16.4. The zero-order valence-electron chi connectivity index (χ0n) is 31.6. The van der Waals surface area contributed by atoms with Crippen LogP contribution >= 0.6 is 0 Å². The molecule has 0 bridgehead atoms. The number of fused-ring (bicyclic) bond motifs is 5. The van der Waals surface area contributed by atoms with Crippen molar-refractivity contribution in [1.29, 1.82) is 0 Å². The van der Waals surface area contributed by atoms with Gasteiger partial charge in [-0.1, -0.05) is 48.5 Å². The molecule has 22 heteroatoms. The second kappa shape index (κ2) is 13.8. The van der Waals surface area contributed by atoms with E-state index in [1.165, 1.54) is 60.7 Å². The minimum Gasteiger partial charge on any atom is -0.503 e. The number of anilines is 6. The summed E-state index contributed by atoms with van der Waals surface area (Å²) in [6.45, 7) is 0. The molecule has 0 aliphatic rings. The van der Waals surface area contributed by atoms with Gasteiger partial charge in [-0.25, -0.2) is 0 Å². The first-order valence-electron chi connectivity index (χ1n) is 17.9. The third-order valence-corrected chi connectivity index (χ3v) is 10.6. The number of hydrogen-bond donors (Lipinski definition) is 20. The Hall–Kier alpha value is -9.86. The molecule has 328 valence electrons. The lowest BCUT2D eigenvalue weighted by molar-refractivity contribution is 0.326. The van der Waals surface area contributed by atoms with E-state index in [9.17, 15) is 102 Å². The normalized spacial score (nSPS) is 11.4. The zero-order chi connectivity index (χ0) is 46.7. The van der Waals surface area contributed by atoms with Crippen molar-refractivity contribution in [3.63, 3.8) is 0 Å². The number of aromatic hydroxyl groups is 20. The number of phenolic OH excluding ortho intramolecular Hbond substituents is 20. The Kier molecular flexibility index (Phi) is 8.85. The molecule has 22 nitrogen and oxygen atoms in total. The van der Waals surface area contributed by atoms with E-state index < -0.39 is 138 Å². The summed E-state index contributed by atoms with van der Waals surface area (Å²) in [6, 6.07) is 13.7. The third-order valence-electron chi connectivity index (χ3n) is 10.6. The summed E-state index contributed by atoms with van der Waals surface area (Å²) in [6.07, 6.45) is 0. The number of nitrogens with zero attached hydrogens (tertiary/aromatic N) is 2. The standard InChI is InChI=1S/C42H30N2O20/c45-23-19(24(46)32(54)39(61)31(23)53)43(20-25(47)33(55)40(62)34(56)26(20)48)17-10-16-12-6-2-4-8-14(12)18(9-15(16)11-5-1-3-7-13(11)17)44(21-27(49)35(57)41(63)36(58)28(21)50)22-29(51)37(59)42(64)38(60)30(22)52/h1-10,45-64H. The average Bonchev–Trinajstić information content (AvgIpc) is 3.29. The Morgan fingerprint density at radius 2 is 0.375 bits per heavy atom. The SMILES string of the molecule is Oc1c(O)c(O)c(N(c2c(O)c(O)c(O)c(O)c2O)c2cc3c4ccccc4c(N(c4c(O)c(O)c(O)c(O)c4O)c4c(O)c(O)c(O)c(O)c4O)cc3c3ccccc23)c(O)c1O. The van der Waals surface area contributed by atoms with Crippen LogP contribution in [0.3, 0.4) is 0 Å². The summed E-state index contributed by atoms with van der Waals surface area (Å²) in [5, 5.41) is 217. The molecule has 0 aliphatic carbocycles. The van der Waals surface area contributed by atoms with Gasteiger partial charge in [-0.2, -0.15) is 0 Å². The Bertz CT molecular complexity index is 2890. The maximum atomic E-state index is 11.3. The molecular formula is C42H30N2O20. The van der Waals surface area contributed by atoms with Crippen LogP contribution in [0.2, 0.25) is 0 Å². The highest BCUT2D eigenvalue weighted by molar-refractivity contribution is 6.25. The van der Waals surface area contributed by atoms with Gasteiger partial charge in [-0.15, -0.1) is 0 Å². The molecule has 0 aromatic heterocycles. The van der Waals surface area contributed by atoms with E-state index in [1.807, 2.05) is 0 Å². The van der Waals surface area contributed by atoms with Crippen LogP contribution in [0.5, 0.6) is 115 Å².